The van der Waals surface area contributed by atoms with Gasteiger partial charge in [0.15, 0.2) is 0 Å². The highest BCUT2D eigenvalue weighted by atomic mass is 35.5. The Balaban J connectivity index is 1.63. The van der Waals surface area contributed by atoms with Gasteiger partial charge >= 0.3 is 6.03 Å². The quantitative estimate of drug-likeness (QED) is 0.270. The lowest BCUT2D eigenvalue weighted by Crippen LogP contribution is -2.50. The lowest BCUT2D eigenvalue weighted by Gasteiger charge is -2.28. The Bertz CT molecular complexity index is 1460. The fourth-order valence-electron chi connectivity index (χ4n) is 4.04. The monoisotopic (exact) mass is 543 g/mol. The number of rotatable bonds is 7. The van der Waals surface area contributed by atoms with E-state index in [0.29, 0.717) is 16.7 Å². The number of nitrogens with one attached hydrogen (secondary N) is 2. The van der Waals surface area contributed by atoms with Crippen LogP contribution in [0.25, 0.3) is 16.9 Å². The highest BCUT2D eigenvalue weighted by Gasteiger charge is 2.23. The molecule has 0 aliphatic carbocycles. The number of aromatic nitrogens is 2. The Morgan fingerprint density at radius 3 is 2.28 bits per heavy atom. The molecule has 0 radical (unpaired) electrons. The summed E-state index contributed by atoms with van der Waals surface area (Å²) in [5, 5.41) is 6.54. The molecule has 0 aliphatic rings. The molecule has 39 heavy (non-hydrogen) atoms. The molecule has 0 saturated carbocycles. The zero-order valence-corrected chi connectivity index (χ0v) is 23.7. The van der Waals surface area contributed by atoms with Crippen LogP contribution in [0.3, 0.4) is 0 Å². The van der Waals surface area contributed by atoms with E-state index in [-0.39, 0.29) is 25.0 Å². The second-order valence-electron chi connectivity index (χ2n) is 10.7. The summed E-state index contributed by atoms with van der Waals surface area (Å²) in [5.74, 6) is 0.0115. The Hall–Kier alpha value is -4.10. The molecule has 0 aliphatic heterocycles. The van der Waals surface area contributed by atoms with Crippen molar-refractivity contribution in [1.29, 1.82) is 0 Å². The average molecular weight is 544 g/mol. The largest absolute Gasteiger partial charge is 0.333 e. The molecule has 1 aromatic heterocycles. The maximum Gasteiger partial charge on any atom is 0.318 e. The van der Waals surface area contributed by atoms with Gasteiger partial charge in [-0.1, -0.05) is 60.1 Å². The third kappa shape index (κ3) is 7.48. The molecule has 0 fully saturated rings. The summed E-state index contributed by atoms with van der Waals surface area (Å²) in [4.78, 5) is 32.7. The second kappa shape index (κ2) is 11.7. The van der Waals surface area contributed by atoms with Crippen molar-refractivity contribution in [2.75, 3.05) is 11.9 Å². The molecule has 8 heteroatoms. The van der Waals surface area contributed by atoms with E-state index in [1.165, 1.54) is 10.5 Å². The zero-order chi connectivity index (χ0) is 28.2. The number of urea groups is 1. The van der Waals surface area contributed by atoms with E-state index in [1.54, 1.807) is 12.1 Å². The summed E-state index contributed by atoms with van der Waals surface area (Å²) < 4.78 is 1.85. The highest BCUT2D eigenvalue weighted by molar-refractivity contribution is 6.30. The number of hydrogen-bond donors (Lipinski definition) is 2. The van der Waals surface area contributed by atoms with Gasteiger partial charge in [0.2, 0.25) is 11.9 Å². The third-order valence-electron chi connectivity index (χ3n) is 6.19. The van der Waals surface area contributed by atoms with Gasteiger partial charge in [-0.25, -0.2) is 9.78 Å². The van der Waals surface area contributed by atoms with E-state index in [2.05, 4.69) is 23.6 Å². The molecule has 3 amide bonds. The Morgan fingerprint density at radius 2 is 1.64 bits per heavy atom. The smallest absolute Gasteiger partial charge is 0.318 e. The van der Waals surface area contributed by atoms with Gasteiger partial charge in [-0.2, -0.15) is 0 Å². The van der Waals surface area contributed by atoms with Crippen molar-refractivity contribution in [2.45, 2.75) is 46.7 Å². The zero-order valence-electron chi connectivity index (χ0n) is 23.0. The first-order valence-electron chi connectivity index (χ1n) is 12.8. The number of carbonyl (C=O) groups is 2. The summed E-state index contributed by atoms with van der Waals surface area (Å²) >= 11 is 6.08. The van der Waals surface area contributed by atoms with Crippen LogP contribution in [0.4, 0.5) is 10.7 Å². The lowest BCUT2D eigenvalue weighted by molar-refractivity contribution is -0.117. The second-order valence-corrected chi connectivity index (χ2v) is 11.1. The predicted octanol–water partition coefficient (Wildman–Crippen LogP) is 6.76. The molecule has 0 saturated heterocycles. The van der Waals surface area contributed by atoms with Crippen molar-refractivity contribution in [3.8, 4) is 16.9 Å². The fourth-order valence-corrected chi connectivity index (χ4v) is 4.17. The van der Waals surface area contributed by atoms with E-state index in [0.717, 1.165) is 22.4 Å². The van der Waals surface area contributed by atoms with E-state index >= 15 is 0 Å². The van der Waals surface area contributed by atoms with Crippen LogP contribution in [0.15, 0.2) is 79.0 Å². The van der Waals surface area contributed by atoms with Crippen LogP contribution in [-0.4, -0.2) is 38.5 Å². The molecule has 0 atom stereocenters. The normalized spacial score (nSPS) is 11.2. The van der Waals surface area contributed by atoms with Crippen molar-refractivity contribution in [1.82, 2.24) is 19.8 Å². The number of halogens is 1. The van der Waals surface area contributed by atoms with E-state index in [4.69, 9.17) is 16.6 Å². The molecule has 0 bridgehead atoms. The van der Waals surface area contributed by atoms with Gasteiger partial charge in [-0.05, 0) is 75.6 Å². The molecule has 3 aromatic carbocycles. The summed E-state index contributed by atoms with van der Waals surface area (Å²) in [6.07, 6.45) is 1.89. The number of amides is 3. The Kier molecular flexibility index (Phi) is 8.41. The van der Waals surface area contributed by atoms with Crippen LogP contribution in [-0.2, 0) is 11.3 Å². The molecular weight excluding hydrogens is 510 g/mol. The van der Waals surface area contributed by atoms with Crippen LogP contribution in [0.2, 0.25) is 5.02 Å². The van der Waals surface area contributed by atoms with Gasteiger partial charge in [-0.15, -0.1) is 0 Å². The number of nitrogens with zero attached hydrogens (tertiary/aromatic N) is 3. The summed E-state index contributed by atoms with van der Waals surface area (Å²) in [7, 11) is 0. The van der Waals surface area contributed by atoms with Crippen LogP contribution in [0, 0.1) is 13.8 Å². The SMILES string of the molecule is Cc1ccc(-n2cc(-c3ccc(Cl)cc3)nc2NC(=O)CN(Cc2ccccc2)C(=O)NC(C)(C)C)cc1C. The number of benzene rings is 3. The third-order valence-corrected chi connectivity index (χ3v) is 6.44. The Morgan fingerprint density at radius 1 is 0.949 bits per heavy atom. The standard InChI is InChI=1S/C31H34ClN5O2/c1-21-11-16-26(17-22(21)2)37-19-27(24-12-14-25(32)15-13-24)33-29(37)34-28(38)20-36(30(39)35-31(3,4)5)18-23-9-7-6-8-10-23/h6-17,19H,18,20H2,1-5H3,(H,35,39)(H,33,34,38). The van der Waals surface area contributed by atoms with Gasteiger partial charge in [-0.3, -0.25) is 14.7 Å². The molecule has 202 valence electrons. The molecule has 2 N–H and O–H groups in total. The summed E-state index contributed by atoms with van der Waals surface area (Å²) in [6, 6.07) is 22.7. The van der Waals surface area contributed by atoms with Crippen molar-refractivity contribution < 1.29 is 9.59 Å². The van der Waals surface area contributed by atoms with E-state index in [1.807, 2.05) is 93.1 Å². The predicted molar refractivity (Wildman–Crippen MR) is 157 cm³/mol. The van der Waals surface area contributed by atoms with Gasteiger partial charge in [0, 0.05) is 34.6 Å². The topological polar surface area (TPSA) is 79.3 Å². The minimum absolute atomic E-state index is 0.146. The summed E-state index contributed by atoms with van der Waals surface area (Å²) in [5.41, 5.74) is 5.20. The highest BCUT2D eigenvalue weighted by Crippen LogP contribution is 2.26. The first kappa shape index (κ1) is 27.9. The van der Waals surface area contributed by atoms with Gasteiger partial charge in [0.1, 0.15) is 6.54 Å². The van der Waals surface area contributed by atoms with Crippen LogP contribution >= 0.6 is 11.6 Å². The van der Waals surface area contributed by atoms with Gasteiger partial charge in [0.05, 0.1) is 5.69 Å². The maximum atomic E-state index is 13.4. The molecular formula is C31H34ClN5O2. The first-order chi connectivity index (χ1) is 18.5. The van der Waals surface area contributed by atoms with Crippen LogP contribution < -0.4 is 10.6 Å². The van der Waals surface area contributed by atoms with E-state index < -0.39 is 5.54 Å². The van der Waals surface area contributed by atoms with Crippen LogP contribution in [0.5, 0.6) is 0 Å². The number of hydrogen-bond acceptors (Lipinski definition) is 3. The molecule has 0 unspecified atom stereocenters. The number of imidazole rings is 1. The molecule has 0 spiro atoms. The van der Waals surface area contributed by atoms with Crippen molar-refractivity contribution in [3.05, 3.63) is 101 Å². The minimum atomic E-state index is -0.449. The molecule has 4 aromatic rings. The molecule has 4 rings (SSSR count). The number of aryl methyl sites for hydroxylation is 2. The van der Waals surface area contributed by atoms with Crippen molar-refractivity contribution >= 4 is 29.5 Å². The van der Waals surface area contributed by atoms with Gasteiger partial charge < -0.3 is 10.2 Å². The fraction of sp³-hybridized carbons (Fsp3) is 0.258. The van der Waals surface area contributed by atoms with Crippen molar-refractivity contribution in [2.24, 2.45) is 0 Å². The minimum Gasteiger partial charge on any atom is -0.333 e. The number of carbonyl (C=O) groups excluding carboxylic acids is 2. The van der Waals surface area contributed by atoms with E-state index in [9.17, 15) is 9.59 Å². The maximum absolute atomic E-state index is 13.4. The lowest BCUT2D eigenvalue weighted by atomic mass is 10.1. The Labute approximate surface area is 234 Å². The number of anilines is 1. The summed E-state index contributed by atoms with van der Waals surface area (Å²) in [6.45, 7) is 9.96. The first-order valence-corrected chi connectivity index (χ1v) is 13.2. The molecule has 7 nitrogen and oxygen atoms in total. The van der Waals surface area contributed by atoms with Crippen LogP contribution in [0.1, 0.15) is 37.5 Å². The molecule has 1 heterocycles. The van der Waals surface area contributed by atoms with Gasteiger partial charge in [0.25, 0.3) is 0 Å². The van der Waals surface area contributed by atoms with Crippen molar-refractivity contribution in [3.63, 3.8) is 0 Å². The average Bonchev–Trinajstić information content (AvgIpc) is 3.29.